The average molecular weight is 294 g/mol. The monoisotopic (exact) mass is 293 g/mol. The highest BCUT2D eigenvalue weighted by Crippen LogP contribution is 2.24. The van der Waals surface area contributed by atoms with Crippen molar-refractivity contribution < 1.29 is 4.74 Å². The molecule has 0 radical (unpaired) electrons. The third-order valence-corrected chi connectivity index (χ3v) is 4.69. The number of rotatable bonds is 5. The molecule has 1 fully saturated rings. The molecule has 1 aliphatic carbocycles. The average Bonchev–Trinajstić information content (AvgIpc) is 2.94. The van der Waals surface area contributed by atoms with Gasteiger partial charge in [-0.25, -0.2) is 0 Å². The van der Waals surface area contributed by atoms with Crippen molar-refractivity contribution in [2.45, 2.75) is 44.8 Å². The van der Waals surface area contributed by atoms with Gasteiger partial charge < -0.3 is 4.74 Å². The van der Waals surface area contributed by atoms with Crippen LogP contribution < -0.4 is 0 Å². The first kappa shape index (κ1) is 14.4. The smallest absolute Gasteiger partial charge is 0.0605 e. The van der Waals surface area contributed by atoms with Crippen LogP contribution >= 0.6 is 11.6 Å². The summed E-state index contributed by atoms with van der Waals surface area (Å²) in [6.07, 6.45) is 6.59. The Morgan fingerprint density at radius 1 is 1.15 bits per heavy atom. The summed E-state index contributed by atoms with van der Waals surface area (Å²) < 4.78 is 5.73. The quantitative estimate of drug-likeness (QED) is 0.772. The van der Waals surface area contributed by atoms with Crippen LogP contribution in [0.4, 0.5) is 0 Å². The van der Waals surface area contributed by atoms with Gasteiger partial charge in [0.2, 0.25) is 0 Å². The number of fused-ring (bicyclic) bond motifs is 1. The van der Waals surface area contributed by atoms with E-state index in [0.717, 1.165) is 32.5 Å². The Morgan fingerprint density at radius 3 is 2.75 bits per heavy atom. The van der Waals surface area contributed by atoms with Crippen LogP contribution in [0.5, 0.6) is 0 Å². The van der Waals surface area contributed by atoms with E-state index in [1.54, 1.807) is 11.1 Å². The van der Waals surface area contributed by atoms with Gasteiger partial charge in [0.1, 0.15) is 0 Å². The Hall–Kier alpha value is -0.570. The fourth-order valence-corrected chi connectivity index (χ4v) is 3.52. The second kappa shape index (κ2) is 6.93. The van der Waals surface area contributed by atoms with Crippen LogP contribution in [0.1, 0.15) is 36.0 Å². The SMILES string of the molecule is ClCCOC1CCN(Cc2ccc3c(c2)CCC3)CC1. The molecule has 2 aliphatic rings. The van der Waals surface area contributed by atoms with E-state index >= 15 is 0 Å². The second-order valence-corrected chi connectivity index (χ2v) is 6.37. The Balaban J connectivity index is 1.50. The number of nitrogens with zero attached hydrogens (tertiary/aromatic N) is 1. The Labute approximate surface area is 127 Å². The Bertz CT molecular complexity index is 441. The number of hydrogen-bond acceptors (Lipinski definition) is 2. The molecule has 1 aliphatic heterocycles. The molecular formula is C17H24ClNO. The summed E-state index contributed by atoms with van der Waals surface area (Å²) in [6, 6.07) is 7.09. The Kier molecular flexibility index (Phi) is 4.98. The van der Waals surface area contributed by atoms with Crippen molar-refractivity contribution in [2.75, 3.05) is 25.6 Å². The molecule has 110 valence electrons. The lowest BCUT2D eigenvalue weighted by Crippen LogP contribution is -2.36. The highest BCUT2D eigenvalue weighted by atomic mass is 35.5. The van der Waals surface area contributed by atoms with Gasteiger partial charge in [0, 0.05) is 25.5 Å². The molecular weight excluding hydrogens is 270 g/mol. The van der Waals surface area contributed by atoms with Crippen molar-refractivity contribution in [3.63, 3.8) is 0 Å². The third kappa shape index (κ3) is 3.55. The molecule has 3 rings (SSSR count). The van der Waals surface area contributed by atoms with Gasteiger partial charge in [-0.3, -0.25) is 4.90 Å². The minimum Gasteiger partial charge on any atom is -0.377 e. The molecule has 0 saturated carbocycles. The molecule has 0 unspecified atom stereocenters. The van der Waals surface area contributed by atoms with E-state index in [1.807, 2.05) is 0 Å². The predicted molar refractivity (Wildman–Crippen MR) is 83.4 cm³/mol. The van der Waals surface area contributed by atoms with Crippen LogP contribution in [0.2, 0.25) is 0 Å². The maximum atomic E-state index is 5.73. The molecule has 0 aromatic heterocycles. The number of ether oxygens (including phenoxy) is 1. The van der Waals surface area contributed by atoms with E-state index in [1.165, 1.54) is 24.8 Å². The number of halogens is 1. The summed E-state index contributed by atoms with van der Waals surface area (Å²) in [4.78, 5) is 2.55. The summed E-state index contributed by atoms with van der Waals surface area (Å²) >= 11 is 5.67. The van der Waals surface area contributed by atoms with E-state index < -0.39 is 0 Å². The predicted octanol–water partition coefficient (Wildman–Crippen LogP) is 3.40. The van der Waals surface area contributed by atoms with Gasteiger partial charge in [-0.1, -0.05) is 18.2 Å². The molecule has 2 nitrogen and oxygen atoms in total. The van der Waals surface area contributed by atoms with Gasteiger partial charge in [-0.05, 0) is 48.8 Å². The third-order valence-electron chi connectivity index (χ3n) is 4.53. The van der Waals surface area contributed by atoms with Crippen LogP contribution in [0, 0.1) is 0 Å². The Morgan fingerprint density at radius 2 is 1.95 bits per heavy atom. The standard InChI is InChI=1S/C17H24ClNO/c18-8-11-20-17-6-9-19(10-7-17)13-14-4-5-15-2-1-3-16(15)12-14/h4-5,12,17H,1-3,6-11,13H2. The molecule has 1 aromatic rings. The lowest BCUT2D eigenvalue weighted by molar-refractivity contribution is 0.0134. The molecule has 0 amide bonds. The van der Waals surface area contributed by atoms with Crippen LogP contribution in [-0.2, 0) is 24.1 Å². The normalized spacial score (nSPS) is 20.2. The van der Waals surface area contributed by atoms with E-state index in [-0.39, 0.29) is 0 Å². The van der Waals surface area contributed by atoms with E-state index in [2.05, 4.69) is 23.1 Å². The fourth-order valence-electron chi connectivity index (χ4n) is 3.43. The van der Waals surface area contributed by atoms with E-state index in [0.29, 0.717) is 18.6 Å². The lowest BCUT2D eigenvalue weighted by atomic mass is 10.0. The van der Waals surface area contributed by atoms with E-state index in [9.17, 15) is 0 Å². The minimum atomic E-state index is 0.421. The highest BCUT2D eigenvalue weighted by molar-refractivity contribution is 6.17. The van der Waals surface area contributed by atoms with Crippen molar-refractivity contribution in [3.05, 3.63) is 34.9 Å². The molecule has 0 spiro atoms. The highest BCUT2D eigenvalue weighted by Gasteiger charge is 2.20. The van der Waals surface area contributed by atoms with Crippen molar-refractivity contribution in [3.8, 4) is 0 Å². The largest absolute Gasteiger partial charge is 0.377 e. The maximum absolute atomic E-state index is 5.73. The lowest BCUT2D eigenvalue weighted by Gasteiger charge is -2.31. The van der Waals surface area contributed by atoms with Crippen LogP contribution in [0.3, 0.4) is 0 Å². The van der Waals surface area contributed by atoms with Gasteiger partial charge in [0.25, 0.3) is 0 Å². The summed E-state index contributed by atoms with van der Waals surface area (Å²) in [5, 5.41) is 0. The molecule has 1 heterocycles. The van der Waals surface area contributed by atoms with Gasteiger partial charge in [0.15, 0.2) is 0 Å². The summed E-state index contributed by atoms with van der Waals surface area (Å²) in [7, 11) is 0. The first-order chi connectivity index (χ1) is 9.85. The van der Waals surface area contributed by atoms with Crippen LogP contribution in [0.25, 0.3) is 0 Å². The van der Waals surface area contributed by atoms with E-state index in [4.69, 9.17) is 16.3 Å². The van der Waals surface area contributed by atoms with Crippen LogP contribution in [-0.4, -0.2) is 36.6 Å². The zero-order valence-corrected chi connectivity index (χ0v) is 12.9. The molecule has 1 saturated heterocycles. The van der Waals surface area contributed by atoms with Crippen molar-refractivity contribution in [1.29, 1.82) is 0 Å². The van der Waals surface area contributed by atoms with Crippen molar-refractivity contribution in [1.82, 2.24) is 4.90 Å². The summed E-state index contributed by atoms with van der Waals surface area (Å²) in [5.74, 6) is 0.606. The van der Waals surface area contributed by atoms with Gasteiger partial charge >= 0.3 is 0 Å². The van der Waals surface area contributed by atoms with Crippen molar-refractivity contribution >= 4 is 11.6 Å². The number of hydrogen-bond donors (Lipinski definition) is 0. The number of likely N-dealkylation sites (tertiary alicyclic amines) is 1. The van der Waals surface area contributed by atoms with Gasteiger partial charge in [0.05, 0.1) is 12.7 Å². The zero-order valence-electron chi connectivity index (χ0n) is 12.1. The minimum absolute atomic E-state index is 0.421. The second-order valence-electron chi connectivity index (χ2n) is 5.99. The maximum Gasteiger partial charge on any atom is 0.0605 e. The molecule has 0 bridgehead atoms. The number of piperidine rings is 1. The number of alkyl halides is 1. The number of aryl methyl sites for hydroxylation is 2. The van der Waals surface area contributed by atoms with Gasteiger partial charge in [-0.15, -0.1) is 11.6 Å². The first-order valence-electron chi connectivity index (χ1n) is 7.86. The summed E-state index contributed by atoms with van der Waals surface area (Å²) in [5.41, 5.74) is 4.63. The molecule has 0 atom stereocenters. The molecule has 20 heavy (non-hydrogen) atoms. The number of benzene rings is 1. The van der Waals surface area contributed by atoms with Gasteiger partial charge in [-0.2, -0.15) is 0 Å². The molecule has 3 heteroatoms. The summed E-state index contributed by atoms with van der Waals surface area (Å²) in [6.45, 7) is 4.07. The van der Waals surface area contributed by atoms with Crippen LogP contribution in [0.15, 0.2) is 18.2 Å². The molecule has 0 N–H and O–H groups in total. The zero-order chi connectivity index (χ0) is 13.8. The fraction of sp³-hybridized carbons (Fsp3) is 0.647. The first-order valence-corrected chi connectivity index (χ1v) is 8.39. The van der Waals surface area contributed by atoms with Crippen molar-refractivity contribution in [2.24, 2.45) is 0 Å². The molecule has 1 aromatic carbocycles. The topological polar surface area (TPSA) is 12.5 Å².